The lowest BCUT2D eigenvalue weighted by molar-refractivity contribution is 0.000274. The number of rotatable bonds is 7. The summed E-state index contributed by atoms with van der Waals surface area (Å²) in [6.07, 6.45) is 8.06. The van der Waals surface area contributed by atoms with Crippen LogP contribution in [0.4, 0.5) is 0 Å². The SMILES string of the molecule is CCNC1CCCCCCC1OCCOc1ccccc1. The van der Waals surface area contributed by atoms with Crippen molar-refractivity contribution < 1.29 is 9.47 Å². The lowest BCUT2D eigenvalue weighted by atomic mass is 9.94. The van der Waals surface area contributed by atoms with Crippen LogP contribution >= 0.6 is 0 Å². The van der Waals surface area contributed by atoms with Crippen LogP contribution in [0.1, 0.15) is 45.4 Å². The van der Waals surface area contributed by atoms with Gasteiger partial charge in [-0.3, -0.25) is 0 Å². The molecule has 1 aliphatic carbocycles. The second-order valence-electron chi connectivity index (χ2n) is 5.73. The first kappa shape index (κ1) is 16.3. The Bertz CT molecular complexity index is 369. The molecule has 3 nitrogen and oxygen atoms in total. The lowest BCUT2D eigenvalue weighted by Crippen LogP contribution is -2.42. The quantitative estimate of drug-likeness (QED) is 0.775. The van der Waals surface area contributed by atoms with Gasteiger partial charge in [0.2, 0.25) is 0 Å². The van der Waals surface area contributed by atoms with Gasteiger partial charge in [-0.05, 0) is 31.5 Å². The van der Waals surface area contributed by atoms with Crippen molar-refractivity contribution in [2.24, 2.45) is 0 Å². The second kappa shape index (κ2) is 9.80. The molecule has 0 radical (unpaired) electrons. The van der Waals surface area contributed by atoms with E-state index in [2.05, 4.69) is 12.2 Å². The van der Waals surface area contributed by atoms with E-state index in [1.807, 2.05) is 30.3 Å². The van der Waals surface area contributed by atoms with E-state index in [1.54, 1.807) is 0 Å². The maximum atomic E-state index is 6.12. The first-order valence-corrected chi connectivity index (χ1v) is 8.43. The molecule has 0 bridgehead atoms. The van der Waals surface area contributed by atoms with E-state index in [9.17, 15) is 0 Å². The van der Waals surface area contributed by atoms with Crippen LogP contribution in [-0.2, 0) is 4.74 Å². The van der Waals surface area contributed by atoms with Crippen LogP contribution < -0.4 is 10.1 Å². The van der Waals surface area contributed by atoms with Gasteiger partial charge in [0.1, 0.15) is 12.4 Å². The molecule has 2 atom stereocenters. The van der Waals surface area contributed by atoms with Crippen molar-refractivity contribution in [3.8, 4) is 5.75 Å². The van der Waals surface area contributed by atoms with Gasteiger partial charge in [-0.2, -0.15) is 0 Å². The van der Waals surface area contributed by atoms with Gasteiger partial charge in [0.15, 0.2) is 0 Å². The first-order chi connectivity index (χ1) is 10.4. The van der Waals surface area contributed by atoms with Crippen LogP contribution in [-0.4, -0.2) is 31.9 Å². The molecule has 3 heteroatoms. The third-order valence-corrected chi connectivity index (χ3v) is 4.10. The molecule has 0 heterocycles. The van der Waals surface area contributed by atoms with Gasteiger partial charge < -0.3 is 14.8 Å². The van der Waals surface area contributed by atoms with Gasteiger partial charge >= 0.3 is 0 Å². The summed E-state index contributed by atoms with van der Waals surface area (Å²) in [5, 5.41) is 3.60. The van der Waals surface area contributed by atoms with Crippen molar-refractivity contribution in [2.45, 2.75) is 57.6 Å². The normalized spacial score (nSPS) is 23.3. The molecule has 0 aliphatic heterocycles. The zero-order valence-electron chi connectivity index (χ0n) is 13.2. The number of nitrogens with one attached hydrogen (secondary N) is 1. The molecule has 118 valence electrons. The van der Waals surface area contributed by atoms with Crippen LogP contribution in [0.2, 0.25) is 0 Å². The van der Waals surface area contributed by atoms with E-state index >= 15 is 0 Å². The van der Waals surface area contributed by atoms with Crippen molar-refractivity contribution in [1.82, 2.24) is 5.32 Å². The number of hydrogen-bond donors (Lipinski definition) is 1. The predicted octanol–water partition coefficient (Wildman–Crippen LogP) is 3.78. The summed E-state index contributed by atoms with van der Waals surface area (Å²) >= 11 is 0. The molecule has 0 spiro atoms. The fourth-order valence-corrected chi connectivity index (χ4v) is 3.02. The Labute approximate surface area is 129 Å². The number of benzene rings is 1. The summed E-state index contributed by atoms with van der Waals surface area (Å²) in [6, 6.07) is 10.5. The fraction of sp³-hybridized carbons (Fsp3) is 0.667. The highest BCUT2D eigenvalue weighted by Gasteiger charge is 2.22. The van der Waals surface area contributed by atoms with E-state index in [0.29, 0.717) is 25.4 Å². The number of para-hydroxylation sites is 1. The van der Waals surface area contributed by atoms with Crippen molar-refractivity contribution in [3.63, 3.8) is 0 Å². The Morgan fingerprint density at radius 2 is 1.76 bits per heavy atom. The van der Waals surface area contributed by atoms with Crippen molar-refractivity contribution in [1.29, 1.82) is 0 Å². The third-order valence-electron chi connectivity index (χ3n) is 4.10. The van der Waals surface area contributed by atoms with E-state index in [-0.39, 0.29) is 0 Å². The first-order valence-electron chi connectivity index (χ1n) is 8.43. The van der Waals surface area contributed by atoms with Crippen molar-refractivity contribution in [2.75, 3.05) is 19.8 Å². The Balaban J connectivity index is 1.72. The van der Waals surface area contributed by atoms with Crippen molar-refractivity contribution in [3.05, 3.63) is 30.3 Å². The number of likely N-dealkylation sites (N-methyl/N-ethyl adjacent to an activating group) is 1. The molecule has 0 aromatic heterocycles. The van der Waals surface area contributed by atoms with Crippen LogP contribution in [0.15, 0.2) is 30.3 Å². The highest BCUT2D eigenvalue weighted by Crippen LogP contribution is 2.20. The van der Waals surface area contributed by atoms with Crippen LogP contribution in [0.3, 0.4) is 0 Å². The van der Waals surface area contributed by atoms with E-state index in [4.69, 9.17) is 9.47 Å². The average Bonchev–Trinajstić information content (AvgIpc) is 2.50. The largest absolute Gasteiger partial charge is 0.491 e. The van der Waals surface area contributed by atoms with E-state index in [0.717, 1.165) is 12.3 Å². The number of ether oxygens (including phenoxy) is 2. The Hall–Kier alpha value is -1.06. The van der Waals surface area contributed by atoms with E-state index in [1.165, 1.54) is 38.5 Å². The molecule has 0 saturated heterocycles. The molecule has 21 heavy (non-hydrogen) atoms. The molecular formula is C18H29NO2. The standard InChI is InChI=1S/C18H29NO2/c1-2-19-17-12-8-3-4-9-13-18(17)21-15-14-20-16-10-6-5-7-11-16/h5-7,10-11,17-19H,2-4,8-9,12-15H2,1H3. The Morgan fingerprint density at radius 3 is 2.52 bits per heavy atom. The van der Waals surface area contributed by atoms with Gasteiger partial charge in [-0.25, -0.2) is 0 Å². The van der Waals surface area contributed by atoms with E-state index < -0.39 is 0 Å². The maximum absolute atomic E-state index is 6.12. The van der Waals surface area contributed by atoms with Gasteiger partial charge in [-0.15, -0.1) is 0 Å². The molecule has 2 rings (SSSR count). The molecular weight excluding hydrogens is 262 g/mol. The molecule has 0 amide bonds. The molecule has 1 saturated carbocycles. The smallest absolute Gasteiger partial charge is 0.119 e. The minimum absolute atomic E-state index is 0.338. The molecule has 1 aromatic rings. The van der Waals surface area contributed by atoms with Gasteiger partial charge in [0.25, 0.3) is 0 Å². The minimum atomic E-state index is 0.338. The van der Waals surface area contributed by atoms with Crippen LogP contribution in [0, 0.1) is 0 Å². The molecule has 1 fully saturated rings. The average molecular weight is 291 g/mol. The highest BCUT2D eigenvalue weighted by atomic mass is 16.5. The minimum Gasteiger partial charge on any atom is -0.491 e. The molecule has 1 aliphatic rings. The van der Waals surface area contributed by atoms with Crippen molar-refractivity contribution >= 4 is 0 Å². The molecule has 1 aromatic carbocycles. The summed E-state index contributed by atoms with van der Waals surface area (Å²) in [7, 11) is 0. The van der Waals surface area contributed by atoms with Gasteiger partial charge in [0, 0.05) is 6.04 Å². The summed E-state index contributed by atoms with van der Waals surface area (Å²) in [5.41, 5.74) is 0. The fourth-order valence-electron chi connectivity index (χ4n) is 3.02. The van der Waals surface area contributed by atoms with Gasteiger partial charge in [0.05, 0.1) is 12.7 Å². The zero-order chi connectivity index (χ0) is 14.8. The van der Waals surface area contributed by atoms with Crippen LogP contribution in [0.5, 0.6) is 5.75 Å². The second-order valence-corrected chi connectivity index (χ2v) is 5.73. The Kier molecular flexibility index (Phi) is 7.61. The van der Waals surface area contributed by atoms with Crippen LogP contribution in [0.25, 0.3) is 0 Å². The third kappa shape index (κ3) is 6.06. The summed E-state index contributed by atoms with van der Waals surface area (Å²) in [4.78, 5) is 0. The monoisotopic (exact) mass is 291 g/mol. The predicted molar refractivity (Wildman–Crippen MR) is 86.8 cm³/mol. The maximum Gasteiger partial charge on any atom is 0.119 e. The molecule has 2 unspecified atom stereocenters. The summed E-state index contributed by atoms with van der Waals surface area (Å²) in [5.74, 6) is 0.919. The summed E-state index contributed by atoms with van der Waals surface area (Å²) in [6.45, 7) is 4.49. The molecule has 1 N–H and O–H groups in total. The zero-order valence-corrected chi connectivity index (χ0v) is 13.2. The summed E-state index contributed by atoms with van der Waals surface area (Å²) < 4.78 is 11.8. The topological polar surface area (TPSA) is 30.5 Å². The highest BCUT2D eigenvalue weighted by molar-refractivity contribution is 5.20. The lowest BCUT2D eigenvalue weighted by Gasteiger charge is -2.30. The number of hydrogen-bond acceptors (Lipinski definition) is 3. The Morgan fingerprint density at radius 1 is 1.00 bits per heavy atom. The van der Waals surface area contributed by atoms with Gasteiger partial charge in [-0.1, -0.05) is 50.8 Å².